The number of hydrogen-bond acceptors (Lipinski definition) is 5. The third-order valence-corrected chi connectivity index (χ3v) is 8.19. The summed E-state index contributed by atoms with van der Waals surface area (Å²) in [5.41, 5.74) is 0.351. The minimum absolute atomic E-state index is 0.00444. The number of carbonyl (C=O) groups is 3. The van der Waals surface area contributed by atoms with Gasteiger partial charge in [0.05, 0.1) is 24.7 Å². The van der Waals surface area contributed by atoms with Gasteiger partial charge in [0.25, 0.3) is 0 Å². The number of amides is 3. The molecule has 2 unspecified atom stereocenters. The van der Waals surface area contributed by atoms with E-state index in [9.17, 15) is 23.2 Å². The molecule has 0 aliphatic carbocycles. The molecule has 2 atom stereocenters. The lowest BCUT2D eigenvalue weighted by Crippen LogP contribution is -2.55. The summed E-state index contributed by atoms with van der Waals surface area (Å²) in [6.07, 6.45) is 0.520. The normalized spacial score (nSPS) is 22.8. The number of halogens is 2. The minimum Gasteiger partial charge on any atom is -0.410 e. The van der Waals surface area contributed by atoms with Crippen molar-refractivity contribution in [3.8, 4) is 5.75 Å². The standard InChI is InChI=1S/C29H33F2N3O5/c1-29(17-38-18-29)27(36)33-13-11-20(12-14-33)26(35)34-15-24(19-3-5-21(30)6-4-19)25(16-34)32(2)28(37)39-23-9-7-22(31)8-10-23/h3-10,20,24-25H,11-18H2,1-2H3. The highest BCUT2D eigenvalue weighted by Crippen LogP contribution is 2.35. The molecule has 5 rings (SSSR count). The van der Waals surface area contributed by atoms with Crippen molar-refractivity contribution < 1.29 is 32.6 Å². The van der Waals surface area contributed by atoms with Crippen LogP contribution in [-0.4, -0.2) is 85.1 Å². The predicted octanol–water partition coefficient (Wildman–Crippen LogP) is 3.67. The Labute approximate surface area is 226 Å². The molecule has 8 nitrogen and oxygen atoms in total. The van der Waals surface area contributed by atoms with Gasteiger partial charge in [0.2, 0.25) is 11.8 Å². The summed E-state index contributed by atoms with van der Waals surface area (Å²) in [6, 6.07) is 10.8. The van der Waals surface area contributed by atoms with Crippen LogP contribution in [0.3, 0.4) is 0 Å². The third kappa shape index (κ3) is 5.61. The van der Waals surface area contributed by atoms with E-state index >= 15 is 0 Å². The fourth-order valence-electron chi connectivity index (χ4n) is 5.71. The monoisotopic (exact) mass is 541 g/mol. The van der Waals surface area contributed by atoms with Crippen molar-refractivity contribution in [1.29, 1.82) is 0 Å². The average Bonchev–Trinajstić information content (AvgIpc) is 3.37. The van der Waals surface area contributed by atoms with Crippen LogP contribution in [0.15, 0.2) is 48.5 Å². The summed E-state index contributed by atoms with van der Waals surface area (Å²) in [7, 11) is 1.61. The number of benzene rings is 2. The van der Waals surface area contributed by atoms with Crippen molar-refractivity contribution in [2.75, 3.05) is 46.4 Å². The van der Waals surface area contributed by atoms with E-state index in [1.165, 1.54) is 41.3 Å². The van der Waals surface area contributed by atoms with Crippen LogP contribution in [0.1, 0.15) is 31.2 Å². The maximum Gasteiger partial charge on any atom is 0.415 e. The molecule has 3 saturated heterocycles. The predicted molar refractivity (Wildman–Crippen MR) is 138 cm³/mol. The first-order valence-corrected chi connectivity index (χ1v) is 13.3. The van der Waals surface area contributed by atoms with Gasteiger partial charge in [0, 0.05) is 45.1 Å². The van der Waals surface area contributed by atoms with E-state index in [2.05, 4.69) is 0 Å². The van der Waals surface area contributed by atoms with Crippen LogP contribution in [0.4, 0.5) is 13.6 Å². The zero-order valence-corrected chi connectivity index (χ0v) is 22.1. The number of nitrogens with zero attached hydrogens (tertiary/aromatic N) is 3. The van der Waals surface area contributed by atoms with Gasteiger partial charge < -0.3 is 24.2 Å². The lowest BCUT2D eigenvalue weighted by Gasteiger charge is -2.42. The van der Waals surface area contributed by atoms with Gasteiger partial charge >= 0.3 is 6.09 Å². The minimum atomic E-state index is -0.631. The molecule has 208 valence electrons. The van der Waals surface area contributed by atoms with E-state index in [-0.39, 0.29) is 35.2 Å². The van der Waals surface area contributed by atoms with Crippen LogP contribution in [-0.2, 0) is 14.3 Å². The van der Waals surface area contributed by atoms with E-state index in [1.807, 2.05) is 11.8 Å². The van der Waals surface area contributed by atoms with Crippen molar-refractivity contribution in [3.63, 3.8) is 0 Å². The van der Waals surface area contributed by atoms with Crippen LogP contribution in [0.5, 0.6) is 5.75 Å². The number of carbonyl (C=O) groups excluding carboxylic acids is 3. The van der Waals surface area contributed by atoms with Gasteiger partial charge in [0.1, 0.15) is 17.4 Å². The molecule has 3 aliphatic rings. The van der Waals surface area contributed by atoms with Crippen molar-refractivity contribution in [3.05, 3.63) is 65.7 Å². The molecule has 0 spiro atoms. The Morgan fingerprint density at radius 2 is 1.51 bits per heavy atom. The van der Waals surface area contributed by atoms with E-state index in [4.69, 9.17) is 9.47 Å². The number of likely N-dealkylation sites (N-methyl/N-ethyl adjacent to an activating group) is 1. The SMILES string of the molecule is CN(C(=O)Oc1ccc(F)cc1)C1CN(C(=O)C2CCN(C(=O)C3(C)COC3)CC2)CC1c1ccc(F)cc1. The fraction of sp³-hybridized carbons (Fsp3) is 0.483. The van der Waals surface area contributed by atoms with Gasteiger partial charge in [-0.1, -0.05) is 12.1 Å². The lowest BCUT2D eigenvalue weighted by atomic mass is 9.85. The first kappa shape index (κ1) is 27.1. The van der Waals surface area contributed by atoms with E-state index in [0.29, 0.717) is 52.2 Å². The zero-order valence-electron chi connectivity index (χ0n) is 22.1. The number of rotatable bonds is 5. The first-order chi connectivity index (χ1) is 18.6. The molecule has 0 aromatic heterocycles. The van der Waals surface area contributed by atoms with Crippen LogP contribution < -0.4 is 4.74 Å². The highest BCUT2D eigenvalue weighted by molar-refractivity contribution is 5.84. The summed E-state index contributed by atoms with van der Waals surface area (Å²) in [6.45, 7) is 4.49. The van der Waals surface area contributed by atoms with Crippen LogP contribution in [0.25, 0.3) is 0 Å². The van der Waals surface area contributed by atoms with Gasteiger partial charge in [-0.25, -0.2) is 13.6 Å². The Morgan fingerprint density at radius 1 is 0.923 bits per heavy atom. The molecule has 3 heterocycles. The number of ether oxygens (including phenoxy) is 2. The van der Waals surface area contributed by atoms with E-state index in [1.54, 1.807) is 24.1 Å². The van der Waals surface area contributed by atoms with Gasteiger partial charge in [-0.2, -0.15) is 0 Å². The Morgan fingerprint density at radius 3 is 2.08 bits per heavy atom. The number of likely N-dealkylation sites (tertiary alicyclic amines) is 2. The van der Waals surface area contributed by atoms with Crippen molar-refractivity contribution in [1.82, 2.24) is 14.7 Å². The summed E-state index contributed by atoms with van der Waals surface area (Å²) in [4.78, 5) is 44.5. The second kappa shape index (κ2) is 10.9. The summed E-state index contributed by atoms with van der Waals surface area (Å²) >= 11 is 0. The molecule has 0 radical (unpaired) electrons. The number of hydrogen-bond donors (Lipinski definition) is 0. The Hall–Kier alpha value is -3.53. The van der Waals surface area contributed by atoms with Crippen LogP contribution in [0, 0.1) is 23.0 Å². The third-order valence-electron chi connectivity index (χ3n) is 8.19. The second-order valence-corrected chi connectivity index (χ2v) is 11.0. The highest BCUT2D eigenvalue weighted by atomic mass is 19.1. The lowest BCUT2D eigenvalue weighted by molar-refractivity contribution is -0.170. The highest BCUT2D eigenvalue weighted by Gasteiger charge is 2.46. The van der Waals surface area contributed by atoms with Gasteiger partial charge in [-0.05, 0) is 61.7 Å². The topological polar surface area (TPSA) is 79.4 Å². The molecule has 39 heavy (non-hydrogen) atoms. The molecule has 2 aromatic carbocycles. The van der Waals surface area contributed by atoms with Crippen molar-refractivity contribution >= 4 is 17.9 Å². The molecule has 3 fully saturated rings. The first-order valence-electron chi connectivity index (χ1n) is 13.3. The summed E-state index contributed by atoms with van der Waals surface area (Å²) in [5.74, 6) is -0.987. The molecular formula is C29H33F2N3O5. The molecule has 3 aliphatic heterocycles. The Kier molecular flexibility index (Phi) is 7.57. The smallest absolute Gasteiger partial charge is 0.410 e. The number of piperidine rings is 1. The molecule has 2 aromatic rings. The molecule has 0 N–H and O–H groups in total. The van der Waals surface area contributed by atoms with Crippen LogP contribution in [0.2, 0.25) is 0 Å². The van der Waals surface area contributed by atoms with E-state index in [0.717, 1.165) is 5.56 Å². The maximum atomic E-state index is 13.7. The second-order valence-electron chi connectivity index (χ2n) is 11.0. The van der Waals surface area contributed by atoms with Gasteiger partial charge in [-0.15, -0.1) is 0 Å². The molecule has 3 amide bonds. The van der Waals surface area contributed by atoms with Gasteiger partial charge in [-0.3, -0.25) is 9.59 Å². The van der Waals surface area contributed by atoms with Gasteiger partial charge in [0.15, 0.2) is 0 Å². The molecule has 10 heteroatoms. The Balaban J connectivity index is 1.27. The maximum absolute atomic E-state index is 13.7. The molecule has 0 bridgehead atoms. The molecule has 0 saturated carbocycles. The average molecular weight is 542 g/mol. The van der Waals surface area contributed by atoms with Crippen molar-refractivity contribution in [2.45, 2.75) is 31.7 Å². The Bertz CT molecular complexity index is 1210. The van der Waals surface area contributed by atoms with Crippen molar-refractivity contribution in [2.24, 2.45) is 11.3 Å². The van der Waals surface area contributed by atoms with E-state index < -0.39 is 23.4 Å². The summed E-state index contributed by atoms with van der Waals surface area (Å²) < 4.78 is 37.6. The fourth-order valence-corrected chi connectivity index (χ4v) is 5.71. The zero-order chi connectivity index (χ0) is 27.7. The summed E-state index contributed by atoms with van der Waals surface area (Å²) in [5, 5.41) is 0. The van der Waals surface area contributed by atoms with Crippen LogP contribution >= 0.6 is 0 Å². The quantitative estimate of drug-likeness (QED) is 0.577. The largest absolute Gasteiger partial charge is 0.415 e. The molecular weight excluding hydrogens is 508 g/mol.